The SMILES string of the molecule is CC(=O)N1CCc2cc(S(=O)(=O)NCc3cccc(OC(C)C)c3)ccc21. The molecule has 27 heavy (non-hydrogen) atoms. The molecule has 1 heterocycles. The molecule has 1 N–H and O–H groups in total. The molecule has 0 saturated carbocycles. The highest BCUT2D eigenvalue weighted by Gasteiger charge is 2.24. The fraction of sp³-hybridized carbons (Fsp3) is 0.350. The Morgan fingerprint density at radius 2 is 2.00 bits per heavy atom. The Hall–Kier alpha value is -2.38. The van der Waals surface area contributed by atoms with Gasteiger partial charge in [0.1, 0.15) is 5.75 Å². The van der Waals surface area contributed by atoms with E-state index in [0.717, 1.165) is 16.8 Å². The lowest BCUT2D eigenvalue weighted by atomic mass is 10.2. The first kappa shape index (κ1) is 19.4. The minimum atomic E-state index is -3.65. The minimum Gasteiger partial charge on any atom is -0.491 e. The van der Waals surface area contributed by atoms with Gasteiger partial charge in [-0.3, -0.25) is 4.79 Å². The second-order valence-corrected chi connectivity index (χ2v) is 8.62. The zero-order chi connectivity index (χ0) is 19.6. The van der Waals surface area contributed by atoms with Crippen LogP contribution in [-0.4, -0.2) is 27.0 Å². The van der Waals surface area contributed by atoms with E-state index in [1.165, 1.54) is 6.92 Å². The molecule has 0 fully saturated rings. The molecule has 1 aliphatic heterocycles. The number of carbonyl (C=O) groups is 1. The smallest absolute Gasteiger partial charge is 0.240 e. The predicted molar refractivity (Wildman–Crippen MR) is 104 cm³/mol. The summed E-state index contributed by atoms with van der Waals surface area (Å²) in [5.74, 6) is 0.675. The van der Waals surface area contributed by atoms with E-state index in [1.54, 1.807) is 23.1 Å². The lowest BCUT2D eigenvalue weighted by Gasteiger charge is -2.15. The van der Waals surface area contributed by atoms with E-state index in [4.69, 9.17) is 4.74 Å². The van der Waals surface area contributed by atoms with Gasteiger partial charge in [-0.1, -0.05) is 12.1 Å². The van der Waals surface area contributed by atoms with E-state index < -0.39 is 10.0 Å². The number of nitrogens with zero attached hydrogens (tertiary/aromatic N) is 1. The van der Waals surface area contributed by atoms with Crippen LogP contribution in [0.3, 0.4) is 0 Å². The van der Waals surface area contributed by atoms with Crippen LogP contribution in [0.4, 0.5) is 5.69 Å². The van der Waals surface area contributed by atoms with Gasteiger partial charge in [0.25, 0.3) is 0 Å². The highest BCUT2D eigenvalue weighted by atomic mass is 32.2. The molecule has 1 amide bonds. The van der Waals surface area contributed by atoms with Gasteiger partial charge < -0.3 is 9.64 Å². The zero-order valence-corrected chi connectivity index (χ0v) is 16.5. The summed E-state index contributed by atoms with van der Waals surface area (Å²) in [6.07, 6.45) is 0.713. The molecule has 1 aliphatic rings. The number of carbonyl (C=O) groups excluding carboxylic acids is 1. The van der Waals surface area contributed by atoms with E-state index in [9.17, 15) is 13.2 Å². The number of amides is 1. The topological polar surface area (TPSA) is 75.7 Å². The molecule has 3 rings (SSSR count). The quantitative estimate of drug-likeness (QED) is 0.826. The number of hydrogen-bond acceptors (Lipinski definition) is 4. The van der Waals surface area contributed by atoms with Crippen molar-refractivity contribution >= 4 is 21.6 Å². The Balaban J connectivity index is 1.73. The molecule has 2 aromatic rings. The first-order valence-electron chi connectivity index (χ1n) is 8.92. The number of rotatable bonds is 6. The standard InChI is InChI=1S/C20H24N2O4S/c1-14(2)26-18-6-4-5-16(11-18)13-21-27(24,25)19-7-8-20-17(12-19)9-10-22(20)15(3)23/h4-8,11-12,14,21H,9-10,13H2,1-3H3. The molecule has 2 aromatic carbocycles. The van der Waals surface area contributed by atoms with Crippen LogP contribution in [0.5, 0.6) is 5.75 Å². The van der Waals surface area contributed by atoms with Crippen molar-refractivity contribution in [3.63, 3.8) is 0 Å². The molecular weight excluding hydrogens is 364 g/mol. The highest BCUT2D eigenvalue weighted by Crippen LogP contribution is 2.30. The van der Waals surface area contributed by atoms with Gasteiger partial charge in [-0.25, -0.2) is 13.1 Å². The summed E-state index contributed by atoms with van der Waals surface area (Å²) in [6.45, 7) is 6.16. The molecule has 0 bridgehead atoms. The molecular formula is C20H24N2O4S. The van der Waals surface area contributed by atoms with Crippen LogP contribution in [-0.2, 0) is 27.8 Å². The number of anilines is 1. The van der Waals surface area contributed by atoms with Gasteiger partial charge in [0.15, 0.2) is 0 Å². The van der Waals surface area contributed by atoms with Crippen LogP contribution in [0.15, 0.2) is 47.4 Å². The fourth-order valence-corrected chi connectivity index (χ4v) is 4.20. The molecule has 0 unspecified atom stereocenters. The highest BCUT2D eigenvalue weighted by molar-refractivity contribution is 7.89. The fourth-order valence-electron chi connectivity index (χ4n) is 3.13. The van der Waals surface area contributed by atoms with Crippen LogP contribution in [0.2, 0.25) is 0 Å². The third kappa shape index (κ3) is 4.48. The van der Waals surface area contributed by atoms with Crippen molar-refractivity contribution in [3.05, 3.63) is 53.6 Å². The Morgan fingerprint density at radius 1 is 1.22 bits per heavy atom. The van der Waals surface area contributed by atoms with Crippen molar-refractivity contribution in [2.24, 2.45) is 0 Å². The van der Waals surface area contributed by atoms with E-state index in [1.807, 2.05) is 38.1 Å². The summed E-state index contributed by atoms with van der Waals surface area (Å²) in [4.78, 5) is 13.5. The molecule has 0 radical (unpaired) electrons. The van der Waals surface area contributed by atoms with E-state index in [0.29, 0.717) is 18.7 Å². The Morgan fingerprint density at radius 3 is 2.70 bits per heavy atom. The number of fused-ring (bicyclic) bond motifs is 1. The largest absolute Gasteiger partial charge is 0.491 e. The summed E-state index contributed by atoms with van der Waals surface area (Å²) in [5.41, 5.74) is 2.49. The molecule has 0 spiro atoms. The number of nitrogens with one attached hydrogen (secondary N) is 1. The number of sulfonamides is 1. The summed E-state index contributed by atoms with van der Waals surface area (Å²) in [5, 5.41) is 0. The van der Waals surface area contributed by atoms with Gasteiger partial charge in [-0.05, 0) is 61.7 Å². The van der Waals surface area contributed by atoms with Crippen LogP contribution in [0.1, 0.15) is 31.9 Å². The lowest BCUT2D eigenvalue weighted by molar-refractivity contribution is -0.116. The van der Waals surface area contributed by atoms with Gasteiger partial charge in [0.05, 0.1) is 11.0 Å². The molecule has 0 aliphatic carbocycles. The second kappa shape index (κ2) is 7.70. The summed E-state index contributed by atoms with van der Waals surface area (Å²) < 4.78 is 33.6. The number of ether oxygens (including phenoxy) is 1. The zero-order valence-electron chi connectivity index (χ0n) is 15.7. The van der Waals surface area contributed by atoms with Crippen molar-refractivity contribution < 1.29 is 17.9 Å². The molecule has 6 nitrogen and oxygen atoms in total. The summed E-state index contributed by atoms with van der Waals surface area (Å²) >= 11 is 0. The van der Waals surface area contributed by atoms with E-state index in [-0.39, 0.29) is 23.5 Å². The van der Waals surface area contributed by atoms with E-state index in [2.05, 4.69) is 4.72 Å². The number of benzene rings is 2. The van der Waals surface area contributed by atoms with Crippen molar-refractivity contribution in [1.82, 2.24) is 4.72 Å². The third-order valence-electron chi connectivity index (χ3n) is 4.37. The summed E-state index contributed by atoms with van der Waals surface area (Å²) in [6, 6.07) is 12.3. The van der Waals surface area contributed by atoms with Gasteiger partial charge in [0, 0.05) is 25.7 Å². The summed E-state index contributed by atoms with van der Waals surface area (Å²) in [7, 11) is -3.65. The Kier molecular flexibility index (Phi) is 5.53. The van der Waals surface area contributed by atoms with Gasteiger partial charge >= 0.3 is 0 Å². The normalized spacial score (nSPS) is 13.7. The minimum absolute atomic E-state index is 0.0361. The maximum Gasteiger partial charge on any atom is 0.240 e. The molecule has 7 heteroatoms. The first-order chi connectivity index (χ1) is 12.8. The maximum absolute atomic E-state index is 12.7. The van der Waals surface area contributed by atoms with Crippen LogP contribution in [0.25, 0.3) is 0 Å². The molecule has 0 atom stereocenters. The average molecular weight is 388 g/mol. The monoisotopic (exact) mass is 388 g/mol. The third-order valence-corrected chi connectivity index (χ3v) is 5.77. The van der Waals surface area contributed by atoms with Crippen molar-refractivity contribution in [2.75, 3.05) is 11.4 Å². The lowest BCUT2D eigenvalue weighted by Crippen LogP contribution is -2.26. The molecule has 144 valence electrons. The predicted octanol–water partition coefficient (Wildman–Crippen LogP) is 2.86. The average Bonchev–Trinajstić information content (AvgIpc) is 3.03. The van der Waals surface area contributed by atoms with Crippen LogP contribution >= 0.6 is 0 Å². The van der Waals surface area contributed by atoms with Crippen molar-refractivity contribution in [1.29, 1.82) is 0 Å². The van der Waals surface area contributed by atoms with Gasteiger partial charge in [0.2, 0.25) is 15.9 Å². The van der Waals surface area contributed by atoms with E-state index >= 15 is 0 Å². The van der Waals surface area contributed by atoms with Crippen molar-refractivity contribution in [2.45, 2.75) is 44.7 Å². The second-order valence-electron chi connectivity index (χ2n) is 6.85. The van der Waals surface area contributed by atoms with Gasteiger partial charge in [-0.15, -0.1) is 0 Å². The maximum atomic E-state index is 12.7. The Bertz CT molecular complexity index is 954. The molecule has 0 saturated heterocycles. The first-order valence-corrected chi connectivity index (χ1v) is 10.4. The Labute approximate surface area is 160 Å². The number of hydrogen-bond donors (Lipinski definition) is 1. The van der Waals surface area contributed by atoms with Crippen LogP contribution < -0.4 is 14.4 Å². The van der Waals surface area contributed by atoms with Crippen LogP contribution in [0, 0.1) is 0 Å². The van der Waals surface area contributed by atoms with Gasteiger partial charge in [-0.2, -0.15) is 0 Å². The molecule has 0 aromatic heterocycles. The van der Waals surface area contributed by atoms with Crippen molar-refractivity contribution in [3.8, 4) is 5.75 Å².